The van der Waals surface area contributed by atoms with E-state index in [2.05, 4.69) is 16.0 Å². The summed E-state index contributed by atoms with van der Waals surface area (Å²) in [5.41, 5.74) is 0.0314. The fourth-order valence-corrected chi connectivity index (χ4v) is 3.25. The van der Waals surface area contributed by atoms with Crippen LogP contribution in [-0.4, -0.2) is 26.2 Å². The second-order valence-corrected chi connectivity index (χ2v) is 6.72. The minimum absolute atomic E-state index is 0.0249. The zero-order valence-electron chi connectivity index (χ0n) is 16.9. The van der Waals surface area contributed by atoms with Crippen LogP contribution in [0.15, 0.2) is 53.7 Å². The molecule has 0 bridgehead atoms. The molecule has 1 aliphatic heterocycles. The Morgan fingerprint density at radius 3 is 2.42 bits per heavy atom. The molecular weight excluding hydrogens is 415 g/mol. The number of carbonyl (C=O) groups is 2. The first-order valence-electron chi connectivity index (χ1n) is 9.13. The van der Waals surface area contributed by atoms with E-state index in [1.165, 1.54) is 33.3 Å². The fraction of sp³-hybridized carbons (Fsp3) is 0.238. The summed E-state index contributed by atoms with van der Waals surface area (Å²) in [6, 6.07) is 7.81. The van der Waals surface area contributed by atoms with Gasteiger partial charge in [0.1, 0.15) is 0 Å². The summed E-state index contributed by atoms with van der Waals surface area (Å²) in [4.78, 5) is 25.1. The van der Waals surface area contributed by atoms with E-state index < -0.39 is 29.7 Å². The number of halogens is 3. The Hall–Kier alpha value is -3.69. The Morgan fingerprint density at radius 1 is 1.06 bits per heavy atom. The highest BCUT2D eigenvalue weighted by molar-refractivity contribution is 6.06. The van der Waals surface area contributed by atoms with E-state index in [1.807, 2.05) is 0 Å². The fourth-order valence-electron chi connectivity index (χ4n) is 3.25. The summed E-state index contributed by atoms with van der Waals surface area (Å²) in [6.45, 7) is 1.54. The van der Waals surface area contributed by atoms with E-state index in [0.29, 0.717) is 17.1 Å². The Labute approximate surface area is 176 Å². The van der Waals surface area contributed by atoms with Crippen LogP contribution in [0.5, 0.6) is 11.5 Å². The van der Waals surface area contributed by atoms with Crippen LogP contribution in [-0.2, 0) is 11.0 Å². The molecule has 1 aliphatic rings. The highest BCUT2D eigenvalue weighted by Gasteiger charge is 2.33. The van der Waals surface area contributed by atoms with Gasteiger partial charge in [0, 0.05) is 11.4 Å². The van der Waals surface area contributed by atoms with E-state index in [9.17, 15) is 22.8 Å². The lowest BCUT2D eigenvalue weighted by atomic mass is 9.94. The molecule has 7 nitrogen and oxygen atoms in total. The van der Waals surface area contributed by atoms with Crippen molar-refractivity contribution in [1.82, 2.24) is 10.6 Å². The molecule has 10 heteroatoms. The smallest absolute Gasteiger partial charge is 0.416 e. The van der Waals surface area contributed by atoms with Crippen LogP contribution >= 0.6 is 0 Å². The van der Waals surface area contributed by atoms with Gasteiger partial charge in [0.05, 0.1) is 31.4 Å². The molecule has 1 heterocycles. The largest absolute Gasteiger partial charge is 0.493 e. The number of hydrogen-bond donors (Lipinski definition) is 3. The third-order valence-corrected chi connectivity index (χ3v) is 4.70. The van der Waals surface area contributed by atoms with Gasteiger partial charge in [-0.2, -0.15) is 13.2 Å². The van der Waals surface area contributed by atoms with Crippen LogP contribution in [0, 0.1) is 0 Å². The standard InChI is InChI=1S/C21H20F3N3O4/c1-11-17(19(28)26-14-6-4-5-13(10-14)21(22,23)24)18(27-20(29)25-11)12-7-8-15(30-2)16(9-12)31-3/h4-10,18H,1-3H3,(H,26,28)(H2,25,27,29). The summed E-state index contributed by atoms with van der Waals surface area (Å²) in [6.07, 6.45) is -4.54. The summed E-state index contributed by atoms with van der Waals surface area (Å²) < 4.78 is 49.4. The lowest BCUT2D eigenvalue weighted by molar-refractivity contribution is -0.137. The second kappa shape index (κ2) is 8.58. The second-order valence-electron chi connectivity index (χ2n) is 6.72. The van der Waals surface area contributed by atoms with E-state index in [1.54, 1.807) is 18.2 Å². The molecule has 0 radical (unpaired) electrons. The van der Waals surface area contributed by atoms with Gasteiger partial charge in [-0.05, 0) is 42.8 Å². The van der Waals surface area contributed by atoms with Crippen molar-refractivity contribution < 1.29 is 32.2 Å². The summed E-state index contributed by atoms with van der Waals surface area (Å²) in [5.74, 6) is 0.189. The Morgan fingerprint density at radius 2 is 1.77 bits per heavy atom. The lowest BCUT2D eigenvalue weighted by Crippen LogP contribution is -2.46. The first kappa shape index (κ1) is 22.0. The van der Waals surface area contributed by atoms with Crippen molar-refractivity contribution in [2.45, 2.75) is 19.1 Å². The molecule has 1 atom stereocenters. The van der Waals surface area contributed by atoms with Crippen LogP contribution < -0.4 is 25.4 Å². The third kappa shape index (κ3) is 4.73. The number of urea groups is 1. The predicted molar refractivity (Wildman–Crippen MR) is 107 cm³/mol. The minimum Gasteiger partial charge on any atom is -0.493 e. The molecular formula is C21H20F3N3O4. The van der Waals surface area contributed by atoms with Gasteiger partial charge in [-0.15, -0.1) is 0 Å². The molecule has 0 spiro atoms. The number of nitrogens with one attached hydrogen (secondary N) is 3. The molecule has 0 saturated carbocycles. The Balaban J connectivity index is 1.96. The highest BCUT2D eigenvalue weighted by Crippen LogP contribution is 2.35. The van der Waals surface area contributed by atoms with Crippen LogP contribution in [0.1, 0.15) is 24.1 Å². The van der Waals surface area contributed by atoms with E-state index in [0.717, 1.165) is 12.1 Å². The topological polar surface area (TPSA) is 88.7 Å². The number of carbonyl (C=O) groups excluding carboxylic acids is 2. The van der Waals surface area contributed by atoms with Crippen LogP contribution in [0.4, 0.5) is 23.7 Å². The van der Waals surface area contributed by atoms with Crippen LogP contribution in [0.25, 0.3) is 0 Å². The number of rotatable bonds is 5. The molecule has 3 amide bonds. The number of amides is 3. The maximum atomic E-state index is 13.0. The zero-order valence-corrected chi connectivity index (χ0v) is 16.9. The normalized spacial score (nSPS) is 16.3. The molecule has 3 N–H and O–H groups in total. The van der Waals surface area contributed by atoms with Crippen molar-refractivity contribution in [1.29, 1.82) is 0 Å². The van der Waals surface area contributed by atoms with Crippen molar-refractivity contribution in [2.75, 3.05) is 19.5 Å². The number of hydrogen-bond acceptors (Lipinski definition) is 4. The molecule has 164 valence electrons. The van der Waals surface area contributed by atoms with E-state index in [4.69, 9.17) is 9.47 Å². The van der Waals surface area contributed by atoms with Gasteiger partial charge in [0.15, 0.2) is 11.5 Å². The van der Waals surface area contributed by atoms with Gasteiger partial charge in [0.25, 0.3) is 5.91 Å². The highest BCUT2D eigenvalue weighted by atomic mass is 19.4. The molecule has 31 heavy (non-hydrogen) atoms. The zero-order chi connectivity index (χ0) is 22.8. The van der Waals surface area contributed by atoms with Gasteiger partial charge in [0.2, 0.25) is 0 Å². The van der Waals surface area contributed by atoms with Gasteiger partial charge in [-0.25, -0.2) is 4.79 Å². The Bertz CT molecular complexity index is 1050. The van der Waals surface area contributed by atoms with Gasteiger partial charge in [-0.1, -0.05) is 12.1 Å². The molecule has 1 unspecified atom stereocenters. The van der Waals surface area contributed by atoms with Gasteiger partial charge >= 0.3 is 12.2 Å². The average Bonchev–Trinajstić information content (AvgIpc) is 2.72. The molecule has 3 rings (SSSR count). The van der Waals surface area contributed by atoms with Gasteiger partial charge < -0.3 is 25.4 Å². The maximum Gasteiger partial charge on any atom is 0.416 e. The lowest BCUT2D eigenvalue weighted by Gasteiger charge is -2.29. The molecule has 0 aromatic heterocycles. The SMILES string of the molecule is COc1ccc(C2NC(=O)NC(C)=C2C(=O)Nc2cccc(C(F)(F)F)c2)cc1OC. The number of ether oxygens (including phenoxy) is 2. The number of methoxy groups -OCH3 is 2. The Kier molecular flexibility index (Phi) is 6.09. The van der Waals surface area contributed by atoms with Crippen molar-refractivity contribution in [3.63, 3.8) is 0 Å². The number of benzene rings is 2. The predicted octanol–water partition coefficient (Wildman–Crippen LogP) is 3.99. The van der Waals surface area contributed by atoms with E-state index >= 15 is 0 Å². The molecule has 2 aromatic carbocycles. The van der Waals surface area contributed by atoms with Crippen LogP contribution in [0.3, 0.4) is 0 Å². The van der Waals surface area contributed by atoms with E-state index in [-0.39, 0.29) is 17.0 Å². The molecule has 0 aliphatic carbocycles. The third-order valence-electron chi connectivity index (χ3n) is 4.70. The van der Waals surface area contributed by atoms with Crippen molar-refractivity contribution in [2.24, 2.45) is 0 Å². The van der Waals surface area contributed by atoms with Crippen molar-refractivity contribution in [3.8, 4) is 11.5 Å². The maximum absolute atomic E-state index is 13.0. The van der Waals surface area contributed by atoms with Crippen molar-refractivity contribution >= 4 is 17.6 Å². The number of alkyl halides is 3. The average molecular weight is 435 g/mol. The molecule has 2 aromatic rings. The number of allylic oxidation sites excluding steroid dienone is 1. The minimum atomic E-state index is -4.54. The van der Waals surface area contributed by atoms with Crippen LogP contribution in [0.2, 0.25) is 0 Å². The monoisotopic (exact) mass is 435 g/mol. The first-order valence-corrected chi connectivity index (χ1v) is 9.13. The summed E-state index contributed by atoms with van der Waals surface area (Å²) in [7, 11) is 2.92. The summed E-state index contributed by atoms with van der Waals surface area (Å²) in [5, 5.41) is 7.65. The number of anilines is 1. The quantitative estimate of drug-likeness (QED) is 0.663. The van der Waals surface area contributed by atoms with Gasteiger partial charge in [-0.3, -0.25) is 4.79 Å². The first-order chi connectivity index (χ1) is 14.6. The molecule has 0 fully saturated rings. The van der Waals surface area contributed by atoms with Crippen molar-refractivity contribution in [3.05, 3.63) is 64.9 Å². The molecule has 0 saturated heterocycles. The summed E-state index contributed by atoms with van der Waals surface area (Å²) >= 11 is 0.